The van der Waals surface area contributed by atoms with Crippen LogP contribution in [0.25, 0.3) is 0 Å². The molecule has 1 N–H and O–H groups in total. The molecule has 1 aromatic rings. The fourth-order valence-electron chi connectivity index (χ4n) is 1.62. The van der Waals surface area contributed by atoms with Gasteiger partial charge in [-0.2, -0.15) is 0 Å². The summed E-state index contributed by atoms with van der Waals surface area (Å²) in [6, 6.07) is 7.30. The largest absolute Gasteiger partial charge is 0.497 e. The van der Waals surface area contributed by atoms with E-state index in [0.29, 0.717) is 29.8 Å². The van der Waals surface area contributed by atoms with Gasteiger partial charge in [-0.25, -0.2) is 4.99 Å². The molecule has 1 amide bonds. The Morgan fingerprint density at radius 2 is 1.91 bits per heavy atom. The number of ether oxygens (including phenoxy) is 2. The maximum Gasteiger partial charge on any atom is 0.291 e. The van der Waals surface area contributed by atoms with Gasteiger partial charge in [0.05, 0.1) is 19.8 Å². The lowest BCUT2D eigenvalue weighted by atomic mass is 10.1. The number of nitrogens with one attached hydrogen (secondary N) is 1. The maximum atomic E-state index is 12.4. The maximum absolute atomic E-state index is 12.4. The van der Waals surface area contributed by atoms with Gasteiger partial charge in [-0.05, 0) is 37.0 Å². The Morgan fingerprint density at radius 3 is 2.48 bits per heavy atom. The summed E-state index contributed by atoms with van der Waals surface area (Å²) in [7, 11) is 1.57. The van der Waals surface area contributed by atoms with Gasteiger partial charge in [-0.1, -0.05) is 33.8 Å². The highest BCUT2D eigenvalue weighted by molar-refractivity contribution is 6.04. The Bertz CT molecular complexity index is 539. The minimum absolute atomic E-state index is 0.0581. The molecule has 0 heterocycles. The van der Waals surface area contributed by atoms with Crippen LogP contribution in [-0.2, 0) is 4.74 Å². The molecule has 0 spiro atoms. The number of hydrogen-bond donors (Lipinski definition) is 1. The molecule has 0 aromatic heterocycles. The van der Waals surface area contributed by atoms with E-state index in [1.54, 1.807) is 31.4 Å². The van der Waals surface area contributed by atoms with Gasteiger partial charge in [0, 0.05) is 5.56 Å². The van der Waals surface area contributed by atoms with Crippen molar-refractivity contribution in [3.63, 3.8) is 0 Å². The zero-order valence-corrected chi connectivity index (χ0v) is 14.9. The number of carbonyl (C=O) groups is 1. The van der Waals surface area contributed by atoms with Crippen LogP contribution in [0.2, 0.25) is 0 Å². The summed E-state index contributed by atoms with van der Waals surface area (Å²) in [6.45, 7) is 10.8. The van der Waals surface area contributed by atoms with Crippen molar-refractivity contribution < 1.29 is 14.3 Å². The highest BCUT2D eigenvalue weighted by atomic mass is 16.5. The molecule has 23 heavy (non-hydrogen) atoms. The predicted molar refractivity (Wildman–Crippen MR) is 93.0 cm³/mol. The Hall–Kier alpha value is -2.04. The second-order valence-corrected chi connectivity index (χ2v) is 6.31. The van der Waals surface area contributed by atoms with Crippen molar-refractivity contribution in [3.8, 4) is 5.75 Å². The lowest BCUT2D eigenvalue weighted by molar-refractivity contribution is 0.0962. The number of rotatable bonds is 6. The number of methoxy groups -OCH3 is 1. The molecule has 128 valence electrons. The topological polar surface area (TPSA) is 59.9 Å². The van der Waals surface area contributed by atoms with Crippen molar-refractivity contribution in [2.45, 2.75) is 40.7 Å². The Balaban J connectivity index is 2.87. The second kappa shape index (κ2) is 9.18. The summed E-state index contributed by atoms with van der Waals surface area (Å²) in [6.07, 6.45) is 0. The summed E-state index contributed by atoms with van der Waals surface area (Å²) in [4.78, 5) is 16.9. The lowest BCUT2D eigenvalue weighted by Gasteiger charge is -2.16. The Morgan fingerprint density at radius 1 is 1.22 bits per heavy atom. The van der Waals surface area contributed by atoms with Gasteiger partial charge < -0.3 is 9.47 Å². The normalized spacial score (nSPS) is 13.1. The van der Waals surface area contributed by atoms with Gasteiger partial charge in [0.2, 0.25) is 0 Å². The minimum Gasteiger partial charge on any atom is -0.497 e. The molecular weight excluding hydrogens is 292 g/mol. The van der Waals surface area contributed by atoms with Crippen LogP contribution in [0.4, 0.5) is 0 Å². The number of nitrogens with zero attached hydrogens (tertiary/aromatic N) is 1. The number of amidine groups is 1. The van der Waals surface area contributed by atoms with Gasteiger partial charge in [-0.15, -0.1) is 0 Å². The molecule has 1 aromatic carbocycles. The van der Waals surface area contributed by atoms with Crippen molar-refractivity contribution in [1.29, 1.82) is 0 Å². The monoisotopic (exact) mass is 320 g/mol. The van der Waals surface area contributed by atoms with E-state index < -0.39 is 0 Å². The van der Waals surface area contributed by atoms with Gasteiger partial charge in [-0.3, -0.25) is 10.1 Å². The summed E-state index contributed by atoms with van der Waals surface area (Å²) in [5, 5.41) is 2.76. The van der Waals surface area contributed by atoms with E-state index in [9.17, 15) is 4.79 Å². The first-order valence-electron chi connectivity index (χ1n) is 7.99. The molecule has 0 fully saturated rings. The number of hydrogen-bond acceptors (Lipinski definition) is 4. The van der Waals surface area contributed by atoms with E-state index in [0.717, 1.165) is 0 Å². The molecule has 0 bridgehead atoms. The van der Waals surface area contributed by atoms with E-state index in [4.69, 9.17) is 9.47 Å². The number of benzene rings is 1. The fourth-order valence-corrected chi connectivity index (χ4v) is 1.62. The van der Waals surface area contributed by atoms with Crippen LogP contribution in [0, 0.1) is 11.8 Å². The third-order valence-electron chi connectivity index (χ3n) is 3.39. The smallest absolute Gasteiger partial charge is 0.291 e. The van der Waals surface area contributed by atoms with Crippen molar-refractivity contribution in [1.82, 2.24) is 5.32 Å². The molecule has 0 radical (unpaired) electrons. The standard InChI is InChI=1S/C18H28N2O3/c1-12(2)11-23-18(19-14(5)13(3)4)20-17(21)15-8-7-9-16(10-15)22-6/h7-10,12-14H,11H2,1-6H3,(H,19,20,21)/t14-/m1/s1. The first kappa shape index (κ1) is 19.0. The summed E-state index contributed by atoms with van der Waals surface area (Å²) < 4.78 is 10.8. The van der Waals surface area contributed by atoms with E-state index in [2.05, 4.69) is 24.2 Å². The molecule has 1 atom stereocenters. The Labute approximate surface area is 139 Å². The molecule has 0 unspecified atom stereocenters. The van der Waals surface area contributed by atoms with Gasteiger partial charge >= 0.3 is 0 Å². The summed E-state index contributed by atoms with van der Waals surface area (Å²) in [5.74, 6) is 1.08. The van der Waals surface area contributed by atoms with Crippen molar-refractivity contribution in [2.75, 3.05) is 13.7 Å². The van der Waals surface area contributed by atoms with E-state index in [1.807, 2.05) is 20.8 Å². The predicted octanol–water partition coefficient (Wildman–Crippen LogP) is 3.50. The van der Waals surface area contributed by atoms with Crippen LogP contribution < -0.4 is 10.1 Å². The minimum atomic E-state index is -0.262. The van der Waals surface area contributed by atoms with Crippen LogP contribution in [0.5, 0.6) is 5.75 Å². The van der Waals surface area contributed by atoms with Crippen molar-refractivity contribution in [3.05, 3.63) is 29.8 Å². The molecule has 5 nitrogen and oxygen atoms in total. The lowest BCUT2D eigenvalue weighted by Crippen LogP contribution is -2.34. The average Bonchev–Trinajstić information content (AvgIpc) is 2.52. The zero-order valence-electron chi connectivity index (χ0n) is 14.9. The first-order valence-corrected chi connectivity index (χ1v) is 7.99. The van der Waals surface area contributed by atoms with Crippen molar-refractivity contribution in [2.24, 2.45) is 16.8 Å². The highest BCUT2D eigenvalue weighted by Gasteiger charge is 2.14. The van der Waals surface area contributed by atoms with Crippen LogP contribution in [0.1, 0.15) is 45.0 Å². The molecule has 0 saturated carbocycles. The van der Waals surface area contributed by atoms with Crippen molar-refractivity contribution >= 4 is 11.9 Å². The third kappa shape index (κ3) is 6.72. The van der Waals surface area contributed by atoms with E-state index >= 15 is 0 Å². The Kier molecular flexibility index (Phi) is 7.59. The molecule has 5 heteroatoms. The number of carbonyl (C=O) groups excluding carboxylic acids is 1. The number of aliphatic imine (C=N–C) groups is 1. The molecule has 1 rings (SSSR count). The van der Waals surface area contributed by atoms with Crippen LogP contribution in [0.15, 0.2) is 29.3 Å². The number of amides is 1. The highest BCUT2D eigenvalue weighted by Crippen LogP contribution is 2.12. The molecular formula is C18H28N2O3. The first-order chi connectivity index (χ1) is 10.8. The molecule has 0 aliphatic heterocycles. The van der Waals surface area contributed by atoms with Gasteiger partial charge in [0.1, 0.15) is 5.75 Å². The molecule has 0 aliphatic carbocycles. The van der Waals surface area contributed by atoms with Crippen LogP contribution in [-0.4, -0.2) is 31.7 Å². The SMILES string of the molecule is COc1cccc(C(=O)NC(=N[C@H](C)C(C)C)OCC(C)C)c1. The second-order valence-electron chi connectivity index (χ2n) is 6.31. The average molecular weight is 320 g/mol. The van der Waals surface area contributed by atoms with Crippen LogP contribution in [0.3, 0.4) is 0 Å². The quantitative estimate of drug-likeness (QED) is 0.644. The molecule has 0 saturated heterocycles. The van der Waals surface area contributed by atoms with Gasteiger partial charge in [0.15, 0.2) is 0 Å². The summed E-state index contributed by atoms with van der Waals surface area (Å²) >= 11 is 0. The van der Waals surface area contributed by atoms with E-state index in [-0.39, 0.29) is 18.0 Å². The molecule has 0 aliphatic rings. The fraction of sp³-hybridized carbons (Fsp3) is 0.556. The van der Waals surface area contributed by atoms with Crippen LogP contribution >= 0.6 is 0 Å². The zero-order chi connectivity index (χ0) is 17.4. The van der Waals surface area contributed by atoms with E-state index in [1.165, 1.54) is 0 Å². The third-order valence-corrected chi connectivity index (χ3v) is 3.39. The summed E-state index contributed by atoms with van der Waals surface area (Å²) in [5.41, 5.74) is 0.502. The van der Waals surface area contributed by atoms with Gasteiger partial charge in [0.25, 0.3) is 11.9 Å².